The molecule has 1 N–H and O–H groups in total. The van der Waals surface area contributed by atoms with Crippen molar-refractivity contribution >= 4 is 17.2 Å². The Morgan fingerprint density at radius 1 is 1.35 bits per heavy atom. The van der Waals surface area contributed by atoms with Crippen LogP contribution in [0, 0.1) is 10.1 Å². The Balaban J connectivity index is 1.63. The Hall–Kier alpha value is -3.42. The number of aromatic nitrogens is 2. The molecular weight excluding hydrogens is 336 g/mol. The second kappa shape index (κ2) is 7.64. The maximum Gasteiger partial charge on any atom is 0.270 e. The average Bonchev–Trinajstić information content (AvgIpc) is 3.06. The normalized spacial score (nSPS) is 10.7. The predicted molar refractivity (Wildman–Crippen MR) is 95.5 cm³/mol. The molecule has 0 radical (unpaired) electrons. The van der Waals surface area contributed by atoms with Gasteiger partial charge in [-0.05, 0) is 25.1 Å². The molecule has 3 aromatic rings. The molecule has 1 aromatic carbocycles. The first-order valence-corrected chi connectivity index (χ1v) is 8.20. The van der Waals surface area contributed by atoms with Crippen molar-refractivity contribution in [3.05, 3.63) is 70.2 Å². The van der Waals surface area contributed by atoms with Gasteiger partial charge in [0, 0.05) is 43.1 Å². The molecule has 8 nitrogen and oxygen atoms in total. The maximum absolute atomic E-state index is 12.1. The maximum atomic E-state index is 12.1. The Morgan fingerprint density at radius 2 is 2.19 bits per heavy atom. The lowest BCUT2D eigenvalue weighted by Gasteiger charge is -2.04. The van der Waals surface area contributed by atoms with Gasteiger partial charge in [0.2, 0.25) is 0 Å². The summed E-state index contributed by atoms with van der Waals surface area (Å²) in [5.74, 6) is 0.356. The molecule has 0 aliphatic heterocycles. The van der Waals surface area contributed by atoms with E-state index in [1.54, 1.807) is 6.07 Å². The zero-order valence-corrected chi connectivity index (χ0v) is 14.2. The fourth-order valence-electron chi connectivity index (χ4n) is 2.59. The van der Waals surface area contributed by atoms with Crippen LogP contribution >= 0.6 is 0 Å². The van der Waals surface area contributed by atoms with E-state index in [0.29, 0.717) is 25.3 Å². The summed E-state index contributed by atoms with van der Waals surface area (Å²) >= 11 is 0. The third kappa shape index (κ3) is 3.80. The van der Waals surface area contributed by atoms with E-state index in [1.165, 1.54) is 18.2 Å². The number of hydrogen-bond donors (Lipinski definition) is 1. The van der Waals surface area contributed by atoms with Crippen molar-refractivity contribution in [2.45, 2.75) is 13.3 Å². The van der Waals surface area contributed by atoms with Crippen LogP contribution in [0.15, 0.2) is 48.8 Å². The number of benzene rings is 1. The number of imidazole rings is 1. The number of pyridine rings is 1. The van der Waals surface area contributed by atoms with Crippen LogP contribution in [0.4, 0.5) is 5.69 Å². The van der Waals surface area contributed by atoms with Crippen molar-refractivity contribution in [2.24, 2.45) is 0 Å². The molecule has 8 heteroatoms. The van der Waals surface area contributed by atoms with E-state index in [-0.39, 0.29) is 17.2 Å². The summed E-state index contributed by atoms with van der Waals surface area (Å²) in [5.41, 5.74) is 1.69. The monoisotopic (exact) mass is 354 g/mol. The summed E-state index contributed by atoms with van der Waals surface area (Å²) in [4.78, 5) is 26.9. The van der Waals surface area contributed by atoms with Crippen LogP contribution in [0.1, 0.15) is 23.0 Å². The molecule has 0 atom stereocenters. The minimum Gasteiger partial charge on any atom is -0.490 e. The molecule has 3 rings (SSSR count). The van der Waals surface area contributed by atoms with Crippen LogP contribution in [0.25, 0.3) is 5.65 Å². The fourth-order valence-corrected chi connectivity index (χ4v) is 2.59. The molecule has 0 fully saturated rings. The number of nitrogens with one attached hydrogen (secondary N) is 1. The van der Waals surface area contributed by atoms with Crippen molar-refractivity contribution in [3.8, 4) is 5.75 Å². The molecule has 0 aliphatic carbocycles. The number of ether oxygens (including phenoxy) is 1. The molecule has 26 heavy (non-hydrogen) atoms. The minimum absolute atomic E-state index is 0.110. The van der Waals surface area contributed by atoms with Gasteiger partial charge in [0.1, 0.15) is 0 Å². The smallest absolute Gasteiger partial charge is 0.270 e. The van der Waals surface area contributed by atoms with Gasteiger partial charge >= 0.3 is 0 Å². The number of carbonyl (C=O) groups excluding carboxylic acids is 1. The Bertz CT molecular complexity index is 951. The molecular formula is C18H18N4O4. The van der Waals surface area contributed by atoms with Crippen molar-refractivity contribution in [2.75, 3.05) is 13.2 Å². The quantitative estimate of drug-likeness (QED) is 0.519. The third-order valence-electron chi connectivity index (χ3n) is 3.78. The lowest BCUT2D eigenvalue weighted by molar-refractivity contribution is -0.384. The van der Waals surface area contributed by atoms with Gasteiger partial charge in [-0.2, -0.15) is 0 Å². The van der Waals surface area contributed by atoms with Crippen LogP contribution in [-0.2, 0) is 6.42 Å². The summed E-state index contributed by atoms with van der Waals surface area (Å²) in [6.07, 6.45) is 4.31. The Labute approximate surface area is 149 Å². The molecule has 0 spiro atoms. The number of nitro groups is 1. The predicted octanol–water partition coefficient (Wildman–Crippen LogP) is 2.61. The van der Waals surface area contributed by atoms with Gasteiger partial charge in [0.15, 0.2) is 11.4 Å². The highest BCUT2D eigenvalue weighted by Crippen LogP contribution is 2.19. The van der Waals surface area contributed by atoms with E-state index in [9.17, 15) is 14.9 Å². The SMILES string of the molecule is CCOc1cccn2cc(CCNC(=O)c3cccc([N+](=O)[O-])c3)nc12. The van der Waals surface area contributed by atoms with Crippen molar-refractivity contribution in [1.82, 2.24) is 14.7 Å². The van der Waals surface area contributed by atoms with Crippen LogP contribution in [0.3, 0.4) is 0 Å². The molecule has 2 heterocycles. The first kappa shape index (κ1) is 17.4. The minimum atomic E-state index is -0.524. The van der Waals surface area contributed by atoms with Crippen molar-refractivity contribution in [3.63, 3.8) is 0 Å². The number of nitro benzene ring substituents is 1. The van der Waals surface area contributed by atoms with Gasteiger partial charge in [0.05, 0.1) is 17.2 Å². The number of nitrogens with zero attached hydrogens (tertiary/aromatic N) is 3. The number of rotatable bonds is 7. The van der Waals surface area contributed by atoms with Crippen molar-refractivity contribution < 1.29 is 14.5 Å². The largest absolute Gasteiger partial charge is 0.490 e. The molecule has 0 unspecified atom stereocenters. The molecule has 0 saturated carbocycles. The lowest BCUT2D eigenvalue weighted by atomic mass is 10.2. The average molecular weight is 354 g/mol. The van der Waals surface area contributed by atoms with Crippen molar-refractivity contribution in [1.29, 1.82) is 0 Å². The first-order valence-electron chi connectivity index (χ1n) is 8.20. The second-order valence-electron chi connectivity index (χ2n) is 5.58. The number of fused-ring (bicyclic) bond motifs is 1. The lowest BCUT2D eigenvalue weighted by Crippen LogP contribution is -2.25. The molecule has 134 valence electrons. The summed E-state index contributed by atoms with van der Waals surface area (Å²) in [6.45, 7) is 2.84. The molecule has 2 aromatic heterocycles. The van der Waals surface area contributed by atoms with Crippen LogP contribution in [0.2, 0.25) is 0 Å². The number of hydrogen-bond acceptors (Lipinski definition) is 5. The highest BCUT2D eigenvalue weighted by atomic mass is 16.6. The summed E-state index contributed by atoms with van der Waals surface area (Å²) in [6, 6.07) is 9.39. The molecule has 0 aliphatic rings. The van der Waals surface area contributed by atoms with Gasteiger partial charge in [-0.1, -0.05) is 6.07 Å². The Morgan fingerprint density at radius 3 is 2.96 bits per heavy atom. The zero-order chi connectivity index (χ0) is 18.5. The van der Waals surface area contributed by atoms with Gasteiger partial charge < -0.3 is 14.5 Å². The van der Waals surface area contributed by atoms with Crippen LogP contribution in [0.5, 0.6) is 5.75 Å². The van der Waals surface area contributed by atoms with Gasteiger partial charge in [-0.3, -0.25) is 14.9 Å². The Kier molecular flexibility index (Phi) is 5.12. The van der Waals surface area contributed by atoms with Gasteiger partial charge in [-0.15, -0.1) is 0 Å². The van der Waals surface area contributed by atoms with Gasteiger partial charge in [0.25, 0.3) is 11.6 Å². The van der Waals surface area contributed by atoms with E-state index in [4.69, 9.17) is 4.74 Å². The van der Waals surface area contributed by atoms with E-state index in [0.717, 1.165) is 11.3 Å². The number of non-ortho nitro benzene ring substituents is 1. The first-order chi connectivity index (χ1) is 12.6. The standard InChI is InChI=1S/C18H18N4O4/c1-2-26-16-7-4-10-21-12-14(20-17(16)21)8-9-19-18(23)13-5-3-6-15(11-13)22(24)25/h3-7,10-12H,2,8-9H2,1H3,(H,19,23). The number of carbonyl (C=O) groups is 1. The molecule has 0 saturated heterocycles. The van der Waals surface area contributed by atoms with Crippen LogP contribution < -0.4 is 10.1 Å². The summed E-state index contributed by atoms with van der Waals surface area (Å²) in [7, 11) is 0. The van der Waals surface area contributed by atoms with Gasteiger partial charge in [-0.25, -0.2) is 4.98 Å². The molecule has 1 amide bonds. The topological polar surface area (TPSA) is 98.8 Å². The van der Waals surface area contributed by atoms with E-state index in [1.807, 2.05) is 35.9 Å². The summed E-state index contributed by atoms with van der Waals surface area (Å²) < 4.78 is 7.43. The van der Waals surface area contributed by atoms with E-state index in [2.05, 4.69) is 10.3 Å². The second-order valence-corrected chi connectivity index (χ2v) is 5.58. The molecule has 0 bridgehead atoms. The van der Waals surface area contributed by atoms with E-state index < -0.39 is 4.92 Å². The third-order valence-corrected chi connectivity index (χ3v) is 3.78. The van der Waals surface area contributed by atoms with E-state index >= 15 is 0 Å². The number of amides is 1. The highest BCUT2D eigenvalue weighted by molar-refractivity contribution is 5.94. The zero-order valence-electron chi connectivity index (χ0n) is 14.2. The fraction of sp³-hybridized carbons (Fsp3) is 0.222. The van der Waals surface area contributed by atoms with Crippen LogP contribution in [-0.4, -0.2) is 33.4 Å². The summed E-state index contributed by atoms with van der Waals surface area (Å²) in [5, 5.41) is 13.5. The highest BCUT2D eigenvalue weighted by Gasteiger charge is 2.12.